The van der Waals surface area contributed by atoms with Crippen LogP contribution in [0.4, 0.5) is 0 Å². The van der Waals surface area contributed by atoms with Crippen LogP contribution < -0.4 is 0 Å². The van der Waals surface area contributed by atoms with Gasteiger partial charge in [-0.05, 0) is 83.5 Å². The lowest BCUT2D eigenvalue weighted by atomic mass is 10.0. The van der Waals surface area contributed by atoms with E-state index in [1.807, 2.05) is 0 Å². The van der Waals surface area contributed by atoms with Gasteiger partial charge in [0, 0.05) is 19.4 Å². The molecule has 1 atom stereocenters. The molecule has 1 unspecified atom stereocenters. The molecule has 0 aromatic rings. The van der Waals surface area contributed by atoms with Crippen molar-refractivity contribution in [2.75, 3.05) is 19.8 Å². The zero-order valence-corrected chi connectivity index (χ0v) is 39.7. The number of allylic oxidation sites excluding steroid dienone is 12. The fourth-order valence-corrected chi connectivity index (χ4v) is 7.01. The predicted octanol–water partition coefficient (Wildman–Crippen LogP) is 17.1. The van der Waals surface area contributed by atoms with Crippen molar-refractivity contribution in [2.45, 2.75) is 245 Å². The molecule has 346 valence electrons. The largest absolute Gasteiger partial charge is 0.462 e. The SMILES string of the molecule is CC/C=C\C/C=C\C/C=C\CCCCCCCCCC(=O)OCC(COCCCCCCCCCCCCCCCC)OC(=O)CCCCC/C=C\C/C=C\C/C=C\CC. The third kappa shape index (κ3) is 48.0. The molecule has 60 heavy (non-hydrogen) atoms. The minimum Gasteiger partial charge on any atom is -0.462 e. The molecule has 5 nitrogen and oxygen atoms in total. The fraction of sp³-hybridized carbons (Fsp3) is 0.745. The summed E-state index contributed by atoms with van der Waals surface area (Å²) < 4.78 is 17.4. The lowest BCUT2D eigenvalue weighted by Gasteiger charge is -2.18. The zero-order chi connectivity index (χ0) is 43.5. The molecule has 0 aliphatic rings. The minimum absolute atomic E-state index is 0.0679. The second kappa shape index (κ2) is 50.7. The Hall–Kier alpha value is -2.66. The average molecular weight is 837 g/mol. The maximum absolute atomic E-state index is 12.8. The molecule has 0 aromatic heterocycles. The molecule has 0 saturated carbocycles. The summed E-state index contributed by atoms with van der Waals surface area (Å²) in [5.74, 6) is -0.438. The van der Waals surface area contributed by atoms with E-state index in [4.69, 9.17) is 14.2 Å². The van der Waals surface area contributed by atoms with Gasteiger partial charge in [-0.3, -0.25) is 9.59 Å². The second-order valence-electron chi connectivity index (χ2n) is 16.7. The van der Waals surface area contributed by atoms with Crippen molar-refractivity contribution >= 4 is 11.9 Å². The molecule has 0 rings (SSSR count). The molecule has 0 saturated heterocycles. The van der Waals surface area contributed by atoms with Gasteiger partial charge in [0.25, 0.3) is 0 Å². The number of hydrogen-bond acceptors (Lipinski definition) is 5. The third-order valence-electron chi connectivity index (χ3n) is 10.7. The van der Waals surface area contributed by atoms with E-state index in [1.54, 1.807) is 0 Å². The van der Waals surface area contributed by atoms with Gasteiger partial charge < -0.3 is 14.2 Å². The number of carbonyl (C=O) groups excluding carboxylic acids is 2. The Morgan fingerprint density at radius 1 is 0.383 bits per heavy atom. The molecular formula is C55H96O5. The van der Waals surface area contributed by atoms with Gasteiger partial charge in [-0.2, -0.15) is 0 Å². The first-order valence-corrected chi connectivity index (χ1v) is 25.5. The summed E-state index contributed by atoms with van der Waals surface area (Å²) in [6.07, 6.45) is 64.8. The Labute approximate surface area is 372 Å². The van der Waals surface area contributed by atoms with Crippen LogP contribution in [-0.2, 0) is 23.8 Å². The van der Waals surface area contributed by atoms with Gasteiger partial charge in [0.15, 0.2) is 6.10 Å². The molecule has 0 fully saturated rings. The van der Waals surface area contributed by atoms with Crippen molar-refractivity contribution in [3.8, 4) is 0 Å². The van der Waals surface area contributed by atoms with Crippen molar-refractivity contribution in [1.29, 1.82) is 0 Å². The van der Waals surface area contributed by atoms with Gasteiger partial charge in [-0.15, -0.1) is 0 Å². The summed E-state index contributed by atoms with van der Waals surface area (Å²) in [7, 11) is 0. The van der Waals surface area contributed by atoms with E-state index in [-0.39, 0.29) is 25.2 Å². The van der Waals surface area contributed by atoms with Gasteiger partial charge in [-0.25, -0.2) is 0 Å². The van der Waals surface area contributed by atoms with Crippen LogP contribution in [0, 0.1) is 0 Å². The molecule has 0 N–H and O–H groups in total. The van der Waals surface area contributed by atoms with Crippen LogP contribution in [0.1, 0.15) is 239 Å². The maximum atomic E-state index is 12.8. The van der Waals surface area contributed by atoms with E-state index in [2.05, 4.69) is 93.7 Å². The standard InChI is InChI=1S/C55H96O5/c1-4-7-10-13-16-19-22-25-27-28-29-31-33-36-39-42-45-48-54(56)59-52-53(51-58-50-47-44-41-38-35-32-26-23-20-17-14-11-8-5-2)60-55(57)49-46-43-40-37-34-30-24-21-18-15-12-9-6-3/h7,9-10,12,16,18-19,21,25,27,30,34,53H,4-6,8,11,13-15,17,20,22-24,26,28-29,31-33,35-52H2,1-3H3/b10-7-,12-9-,19-16-,21-18-,27-25-,34-30-. The molecule has 0 aromatic carbocycles. The first-order chi connectivity index (χ1) is 29.6. The smallest absolute Gasteiger partial charge is 0.306 e. The number of ether oxygens (including phenoxy) is 3. The van der Waals surface area contributed by atoms with Crippen molar-refractivity contribution in [1.82, 2.24) is 0 Å². The van der Waals surface area contributed by atoms with Gasteiger partial charge >= 0.3 is 11.9 Å². The van der Waals surface area contributed by atoms with Crippen LogP contribution in [-0.4, -0.2) is 37.9 Å². The summed E-state index contributed by atoms with van der Waals surface area (Å²) in [4.78, 5) is 25.4. The van der Waals surface area contributed by atoms with Crippen molar-refractivity contribution in [2.24, 2.45) is 0 Å². The summed E-state index contributed by atoms with van der Waals surface area (Å²) >= 11 is 0. The Bertz CT molecular complexity index is 1080. The van der Waals surface area contributed by atoms with Crippen molar-refractivity contribution in [3.05, 3.63) is 72.9 Å². The quantitative estimate of drug-likeness (QED) is 0.0347. The van der Waals surface area contributed by atoms with E-state index >= 15 is 0 Å². The molecule has 0 radical (unpaired) electrons. The van der Waals surface area contributed by atoms with Crippen LogP contribution in [0.5, 0.6) is 0 Å². The van der Waals surface area contributed by atoms with Crippen LogP contribution in [0.2, 0.25) is 0 Å². The van der Waals surface area contributed by atoms with Crippen molar-refractivity contribution in [3.63, 3.8) is 0 Å². The Morgan fingerprint density at radius 3 is 1.22 bits per heavy atom. The Balaban J connectivity index is 4.30. The molecule has 0 aliphatic heterocycles. The van der Waals surface area contributed by atoms with Crippen LogP contribution in [0.3, 0.4) is 0 Å². The zero-order valence-electron chi connectivity index (χ0n) is 39.7. The minimum atomic E-state index is -0.555. The van der Waals surface area contributed by atoms with Gasteiger partial charge in [0.1, 0.15) is 6.61 Å². The monoisotopic (exact) mass is 837 g/mol. The average Bonchev–Trinajstić information content (AvgIpc) is 3.25. The number of carbonyl (C=O) groups is 2. The molecule has 5 heteroatoms. The number of hydrogen-bond donors (Lipinski definition) is 0. The van der Waals surface area contributed by atoms with E-state index in [0.29, 0.717) is 19.4 Å². The molecular weight excluding hydrogens is 741 g/mol. The van der Waals surface area contributed by atoms with E-state index in [1.165, 1.54) is 103 Å². The summed E-state index contributed by atoms with van der Waals surface area (Å²) in [6, 6.07) is 0. The van der Waals surface area contributed by atoms with Gasteiger partial charge in [-0.1, -0.05) is 216 Å². The maximum Gasteiger partial charge on any atom is 0.306 e. The number of rotatable bonds is 46. The third-order valence-corrected chi connectivity index (χ3v) is 10.7. The summed E-state index contributed by atoms with van der Waals surface area (Å²) in [6.45, 7) is 7.58. The second-order valence-corrected chi connectivity index (χ2v) is 16.7. The first-order valence-electron chi connectivity index (χ1n) is 25.5. The summed E-state index contributed by atoms with van der Waals surface area (Å²) in [5.41, 5.74) is 0. The van der Waals surface area contributed by atoms with E-state index in [9.17, 15) is 9.59 Å². The van der Waals surface area contributed by atoms with Gasteiger partial charge in [0.2, 0.25) is 0 Å². The number of esters is 2. The Kier molecular flexibility index (Phi) is 48.4. The molecule has 0 spiro atoms. The van der Waals surface area contributed by atoms with Gasteiger partial charge in [0.05, 0.1) is 6.61 Å². The molecule has 0 bridgehead atoms. The van der Waals surface area contributed by atoms with E-state index < -0.39 is 6.10 Å². The van der Waals surface area contributed by atoms with Crippen LogP contribution in [0.15, 0.2) is 72.9 Å². The molecule has 0 aliphatic carbocycles. The lowest BCUT2D eigenvalue weighted by Crippen LogP contribution is -2.30. The normalized spacial score (nSPS) is 12.8. The van der Waals surface area contributed by atoms with Crippen molar-refractivity contribution < 1.29 is 23.8 Å². The highest BCUT2D eigenvalue weighted by Gasteiger charge is 2.17. The molecule has 0 heterocycles. The lowest BCUT2D eigenvalue weighted by molar-refractivity contribution is -0.163. The first kappa shape index (κ1) is 57.3. The summed E-state index contributed by atoms with van der Waals surface area (Å²) in [5, 5.41) is 0. The highest BCUT2D eigenvalue weighted by atomic mass is 16.6. The number of unbranched alkanes of at least 4 members (excludes halogenated alkanes) is 23. The van der Waals surface area contributed by atoms with Crippen LogP contribution >= 0.6 is 0 Å². The topological polar surface area (TPSA) is 61.8 Å². The molecule has 0 amide bonds. The van der Waals surface area contributed by atoms with Crippen LogP contribution in [0.25, 0.3) is 0 Å². The predicted molar refractivity (Wildman–Crippen MR) is 260 cm³/mol. The Morgan fingerprint density at radius 2 is 0.750 bits per heavy atom. The fourth-order valence-electron chi connectivity index (χ4n) is 7.01. The highest BCUT2D eigenvalue weighted by Crippen LogP contribution is 2.14. The highest BCUT2D eigenvalue weighted by molar-refractivity contribution is 5.70. The van der Waals surface area contributed by atoms with E-state index in [0.717, 1.165) is 103 Å².